The van der Waals surface area contributed by atoms with E-state index in [-0.39, 0.29) is 6.61 Å². The van der Waals surface area contributed by atoms with Gasteiger partial charge in [-0.25, -0.2) is 4.39 Å². The van der Waals surface area contributed by atoms with Crippen molar-refractivity contribution in [2.24, 2.45) is 0 Å². The topological polar surface area (TPSA) is 29.5 Å². The molecule has 2 nitrogen and oxygen atoms in total. The SMILES string of the molecule is C[C@H](O)c1cc(F)ccc1OCc1ccc(Cl)c(Cl)c1. The molecule has 1 atom stereocenters. The Morgan fingerprint density at radius 3 is 2.55 bits per heavy atom. The maximum atomic E-state index is 13.2. The molecule has 5 heteroatoms. The lowest BCUT2D eigenvalue weighted by atomic mass is 10.1. The minimum Gasteiger partial charge on any atom is -0.489 e. The highest BCUT2D eigenvalue weighted by Crippen LogP contribution is 2.28. The summed E-state index contributed by atoms with van der Waals surface area (Å²) < 4.78 is 18.8. The van der Waals surface area contributed by atoms with Gasteiger partial charge in [0.15, 0.2) is 0 Å². The maximum absolute atomic E-state index is 13.2. The van der Waals surface area contributed by atoms with Crippen molar-refractivity contribution >= 4 is 23.2 Å². The predicted molar refractivity (Wildman–Crippen MR) is 77.8 cm³/mol. The first-order valence-electron chi connectivity index (χ1n) is 6.01. The number of hydrogen-bond acceptors (Lipinski definition) is 2. The molecule has 20 heavy (non-hydrogen) atoms. The fraction of sp³-hybridized carbons (Fsp3) is 0.200. The molecule has 0 spiro atoms. The summed E-state index contributed by atoms with van der Waals surface area (Å²) in [5.41, 5.74) is 1.24. The van der Waals surface area contributed by atoms with Crippen LogP contribution in [0.4, 0.5) is 4.39 Å². The molecule has 2 aromatic rings. The Morgan fingerprint density at radius 2 is 1.90 bits per heavy atom. The van der Waals surface area contributed by atoms with E-state index < -0.39 is 11.9 Å². The van der Waals surface area contributed by atoms with Gasteiger partial charge in [-0.2, -0.15) is 0 Å². The summed E-state index contributed by atoms with van der Waals surface area (Å²) in [5, 5.41) is 10.5. The first-order chi connectivity index (χ1) is 9.47. The molecule has 0 aromatic heterocycles. The molecule has 0 unspecified atom stereocenters. The van der Waals surface area contributed by atoms with Gasteiger partial charge in [-0.3, -0.25) is 0 Å². The van der Waals surface area contributed by atoms with Gasteiger partial charge in [0.2, 0.25) is 0 Å². The number of halogens is 3. The van der Waals surface area contributed by atoms with E-state index in [4.69, 9.17) is 27.9 Å². The predicted octanol–water partition coefficient (Wildman–Crippen LogP) is 4.76. The highest BCUT2D eigenvalue weighted by molar-refractivity contribution is 6.42. The molecule has 0 saturated heterocycles. The molecule has 0 heterocycles. The van der Waals surface area contributed by atoms with Crippen LogP contribution in [-0.4, -0.2) is 5.11 Å². The fourth-order valence-corrected chi connectivity index (χ4v) is 2.09. The summed E-state index contributed by atoms with van der Waals surface area (Å²) in [6, 6.07) is 9.22. The number of rotatable bonds is 4. The van der Waals surface area contributed by atoms with Gasteiger partial charge in [-0.15, -0.1) is 0 Å². The highest BCUT2D eigenvalue weighted by atomic mass is 35.5. The maximum Gasteiger partial charge on any atom is 0.125 e. The second-order valence-corrected chi connectivity index (χ2v) is 5.21. The van der Waals surface area contributed by atoms with Crippen LogP contribution in [0.3, 0.4) is 0 Å². The number of aliphatic hydroxyl groups is 1. The van der Waals surface area contributed by atoms with Crippen molar-refractivity contribution in [3.8, 4) is 5.75 Å². The smallest absolute Gasteiger partial charge is 0.125 e. The fourth-order valence-electron chi connectivity index (χ4n) is 1.77. The van der Waals surface area contributed by atoms with Crippen molar-refractivity contribution in [3.63, 3.8) is 0 Å². The van der Waals surface area contributed by atoms with Crippen LogP contribution in [0.5, 0.6) is 5.75 Å². The average Bonchev–Trinajstić information content (AvgIpc) is 2.41. The van der Waals surface area contributed by atoms with E-state index in [0.717, 1.165) is 5.56 Å². The summed E-state index contributed by atoms with van der Waals surface area (Å²) in [7, 11) is 0. The highest BCUT2D eigenvalue weighted by Gasteiger charge is 2.11. The van der Waals surface area contributed by atoms with Gasteiger partial charge >= 0.3 is 0 Å². The number of aliphatic hydroxyl groups excluding tert-OH is 1. The molecule has 0 bridgehead atoms. The number of ether oxygens (including phenoxy) is 1. The third kappa shape index (κ3) is 3.63. The van der Waals surface area contributed by atoms with Gasteiger partial charge in [-0.1, -0.05) is 29.3 Å². The zero-order valence-electron chi connectivity index (χ0n) is 10.7. The van der Waals surface area contributed by atoms with Crippen LogP contribution in [0.1, 0.15) is 24.2 Å². The normalized spacial score (nSPS) is 12.2. The second kappa shape index (κ2) is 6.44. The molecule has 0 fully saturated rings. The Bertz CT molecular complexity index is 615. The molecule has 1 N–H and O–H groups in total. The van der Waals surface area contributed by atoms with Crippen molar-refractivity contribution in [1.29, 1.82) is 0 Å². The summed E-state index contributed by atoms with van der Waals surface area (Å²) in [6.07, 6.45) is -0.811. The lowest BCUT2D eigenvalue weighted by molar-refractivity contribution is 0.189. The second-order valence-electron chi connectivity index (χ2n) is 4.40. The lowest BCUT2D eigenvalue weighted by Crippen LogP contribution is -2.01. The van der Waals surface area contributed by atoms with Gasteiger partial charge in [0.25, 0.3) is 0 Å². The molecule has 106 valence electrons. The zero-order valence-corrected chi connectivity index (χ0v) is 12.2. The molecule has 0 aliphatic heterocycles. The van der Waals surface area contributed by atoms with E-state index >= 15 is 0 Å². The van der Waals surface area contributed by atoms with Gasteiger partial charge in [-0.05, 0) is 42.8 Å². The van der Waals surface area contributed by atoms with Crippen molar-refractivity contribution in [3.05, 3.63) is 63.4 Å². The Balaban J connectivity index is 2.16. The van der Waals surface area contributed by atoms with Gasteiger partial charge in [0.05, 0.1) is 16.1 Å². The van der Waals surface area contributed by atoms with E-state index in [1.807, 2.05) is 0 Å². The van der Waals surface area contributed by atoms with E-state index in [9.17, 15) is 9.50 Å². The zero-order chi connectivity index (χ0) is 14.7. The van der Waals surface area contributed by atoms with Crippen molar-refractivity contribution in [2.75, 3.05) is 0 Å². The molecule has 2 rings (SSSR count). The van der Waals surface area contributed by atoms with Crippen molar-refractivity contribution in [2.45, 2.75) is 19.6 Å². The van der Waals surface area contributed by atoms with Crippen LogP contribution in [0.15, 0.2) is 36.4 Å². The average molecular weight is 315 g/mol. The van der Waals surface area contributed by atoms with Gasteiger partial charge in [0.1, 0.15) is 18.2 Å². The van der Waals surface area contributed by atoms with Crippen LogP contribution < -0.4 is 4.74 Å². The monoisotopic (exact) mass is 314 g/mol. The minimum absolute atomic E-state index is 0.252. The van der Waals surface area contributed by atoms with E-state index in [1.165, 1.54) is 18.2 Å². The van der Waals surface area contributed by atoms with Crippen molar-refractivity contribution in [1.82, 2.24) is 0 Å². The Labute approximate surface area is 126 Å². The number of benzene rings is 2. The minimum atomic E-state index is -0.811. The Hall–Kier alpha value is -1.29. The van der Waals surface area contributed by atoms with Crippen LogP contribution in [0.2, 0.25) is 10.0 Å². The summed E-state index contributed by atoms with van der Waals surface area (Å²) in [5.74, 6) is 0.0234. The standard InChI is InChI=1S/C15H13Cl2FO2/c1-9(19)12-7-11(18)3-5-15(12)20-8-10-2-4-13(16)14(17)6-10/h2-7,9,19H,8H2,1H3/t9-/m0/s1. The van der Waals surface area contributed by atoms with Gasteiger partial charge < -0.3 is 9.84 Å². The molecule has 0 aliphatic rings. The largest absolute Gasteiger partial charge is 0.489 e. The first kappa shape index (κ1) is 15.1. The van der Waals surface area contributed by atoms with Crippen LogP contribution in [0, 0.1) is 5.82 Å². The molecule has 2 aromatic carbocycles. The van der Waals surface area contributed by atoms with E-state index in [1.54, 1.807) is 25.1 Å². The van der Waals surface area contributed by atoms with Gasteiger partial charge in [0, 0.05) is 5.56 Å². The van der Waals surface area contributed by atoms with Crippen molar-refractivity contribution < 1.29 is 14.2 Å². The van der Waals surface area contributed by atoms with E-state index in [0.29, 0.717) is 21.4 Å². The molecule has 0 aliphatic carbocycles. The molecule has 0 amide bonds. The Morgan fingerprint density at radius 1 is 1.15 bits per heavy atom. The van der Waals surface area contributed by atoms with Crippen LogP contribution in [0.25, 0.3) is 0 Å². The molecular weight excluding hydrogens is 302 g/mol. The molecular formula is C15H13Cl2FO2. The summed E-state index contributed by atoms with van der Waals surface area (Å²) in [6.45, 7) is 1.81. The van der Waals surface area contributed by atoms with E-state index in [2.05, 4.69) is 0 Å². The number of hydrogen-bond donors (Lipinski definition) is 1. The van der Waals surface area contributed by atoms with Crippen LogP contribution in [-0.2, 0) is 6.61 Å². The quantitative estimate of drug-likeness (QED) is 0.881. The van der Waals surface area contributed by atoms with Crippen LogP contribution >= 0.6 is 23.2 Å². The Kier molecular flexibility index (Phi) is 4.86. The molecule has 0 saturated carbocycles. The summed E-state index contributed by atoms with van der Waals surface area (Å²) in [4.78, 5) is 0. The third-order valence-electron chi connectivity index (χ3n) is 2.80. The lowest BCUT2D eigenvalue weighted by Gasteiger charge is -2.14. The third-order valence-corrected chi connectivity index (χ3v) is 3.54. The first-order valence-corrected chi connectivity index (χ1v) is 6.77. The molecule has 0 radical (unpaired) electrons. The summed E-state index contributed by atoms with van der Waals surface area (Å²) >= 11 is 11.8.